The molecule has 2 rings (SSSR count). The number of rotatable bonds is 7. The lowest BCUT2D eigenvalue weighted by Gasteiger charge is -2.17. The van der Waals surface area contributed by atoms with Crippen molar-refractivity contribution in [1.29, 1.82) is 0 Å². The summed E-state index contributed by atoms with van der Waals surface area (Å²) < 4.78 is 31.2. The number of esters is 1. The summed E-state index contributed by atoms with van der Waals surface area (Å²) in [4.78, 5) is 11.1. The van der Waals surface area contributed by atoms with Crippen molar-refractivity contribution in [3.63, 3.8) is 0 Å². The van der Waals surface area contributed by atoms with Crippen LogP contribution in [0.4, 0.5) is 5.69 Å². The number of anilines is 1. The van der Waals surface area contributed by atoms with E-state index in [4.69, 9.17) is 12.2 Å². The van der Waals surface area contributed by atoms with Crippen LogP contribution in [0.25, 0.3) is 0 Å². The second-order valence-electron chi connectivity index (χ2n) is 5.85. The average molecular weight is 402 g/mol. The number of nitrogens with one attached hydrogen (secondary N) is 2. The van der Waals surface area contributed by atoms with Gasteiger partial charge in [-0.3, -0.25) is 4.79 Å². The maximum atomic E-state index is 12.6. The Kier molecular flexibility index (Phi) is 7.18. The van der Waals surface area contributed by atoms with E-state index in [0.29, 0.717) is 26.1 Å². The van der Waals surface area contributed by atoms with Crippen molar-refractivity contribution in [3.05, 3.63) is 18.2 Å². The summed E-state index contributed by atoms with van der Waals surface area (Å²) in [5.74, 6) is -0.410. The van der Waals surface area contributed by atoms with E-state index >= 15 is 0 Å². The van der Waals surface area contributed by atoms with Gasteiger partial charge in [0.1, 0.15) is 5.75 Å². The highest BCUT2D eigenvalue weighted by Gasteiger charge is 2.27. The molecule has 1 aromatic rings. The van der Waals surface area contributed by atoms with Crippen molar-refractivity contribution in [2.24, 2.45) is 0 Å². The highest BCUT2D eigenvalue weighted by molar-refractivity contribution is 7.89. The molecule has 0 unspecified atom stereocenters. The van der Waals surface area contributed by atoms with E-state index in [1.165, 1.54) is 29.6 Å². The number of methoxy groups -OCH3 is 1. The second-order valence-corrected chi connectivity index (χ2v) is 8.20. The number of thiocarbonyl (C=S) groups is 1. The molecule has 1 aromatic carbocycles. The first-order valence-corrected chi connectivity index (χ1v) is 10.1. The Morgan fingerprint density at radius 2 is 2.04 bits per heavy atom. The number of nitrogens with zero attached hydrogens (tertiary/aromatic N) is 1. The van der Waals surface area contributed by atoms with Crippen LogP contribution in [0.2, 0.25) is 0 Å². The van der Waals surface area contributed by atoms with E-state index < -0.39 is 10.0 Å². The number of benzene rings is 1. The van der Waals surface area contributed by atoms with Gasteiger partial charge in [-0.15, -0.1) is 0 Å². The molecule has 10 heteroatoms. The predicted molar refractivity (Wildman–Crippen MR) is 102 cm³/mol. The van der Waals surface area contributed by atoms with Gasteiger partial charge in [-0.2, -0.15) is 4.31 Å². The fourth-order valence-electron chi connectivity index (χ4n) is 2.56. The number of hydrogen-bond donors (Lipinski definition) is 3. The van der Waals surface area contributed by atoms with E-state index in [1.807, 2.05) is 0 Å². The largest absolute Gasteiger partial charge is 0.506 e. The second kappa shape index (κ2) is 9.15. The van der Waals surface area contributed by atoms with Crippen LogP contribution in [0.15, 0.2) is 23.1 Å². The molecule has 1 aliphatic rings. The van der Waals surface area contributed by atoms with Crippen LogP contribution in [0.3, 0.4) is 0 Å². The number of carbonyl (C=O) groups is 1. The molecule has 0 amide bonds. The number of carbonyl (C=O) groups excluding carboxylic acids is 1. The quantitative estimate of drug-likeness (QED) is 0.272. The minimum atomic E-state index is -3.58. The average Bonchev–Trinajstić information content (AvgIpc) is 3.15. The van der Waals surface area contributed by atoms with Gasteiger partial charge in [0, 0.05) is 26.1 Å². The number of phenolic OH excluding ortho intramolecular Hbond substituents is 1. The number of aromatic hydroxyl groups is 1. The van der Waals surface area contributed by atoms with Gasteiger partial charge in [0.25, 0.3) is 0 Å². The van der Waals surface area contributed by atoms with E-state index in [2.05, 4.69) is 15.4 Å². The molecule has 8 nitrogen and oxygen atoms in total. The molecule has 0 aromatic heterocycles. The highest BCUT2D eigenvalue weighted by atomic mass is 32.2. The normalized spacial score (nSPS) is 14.8. The summed E-state index contributed by atoms with van der Waals surface area (Å²) in [7, 11) is -2.25. The van der Waals surface area contributed by atoms with E-state index in [-0.39, 0.29) is 33.8 Å². The molecule has 3 N–H and O–H groups in total. The molecule has 0 aliphatic carbocycles. The molecule has 1 fully saturated rings. The molecule has 1 aliphatic heterocycles. The molecule has 26 heavy (non-hydrogen) atoms. The molecule has 0 spiro atoms. The van der Waals surface area contributed by atoms with Gasteiger partial charge in [-0.1, -0.05) is 0 Å². The molecule has 0 radical (unpaired) electrons. The predicted octanol–water partition coefficient (Wildman–Crippen LogP) is 1.42. The zero-order chi connectivity index (χ0) is 19.2. The third-order valence-corrected chi connectivity index (χ3v) is 6.13. The summed E-state index contributed by atoms with van der Waals surface area (Å²) in [6.45, 7) is 1.45. The molecule has 144 valence electrons. The van der Waals surface area contributed by atoms with Gasteiger partial charge >= 0.3 is 5.97 Å². The Bertz CT molecular complexity index is 761. The number of phenols is 1. The van der Waals surface area contributed by atoms with Crippen molar-refractivity contribution < 1.29 is 23.1 Å². The lowest BCUT2D eigenvalue weighted by Crippen LogP contribution is -2.30. The minimum absolute atomic E-state index is 0.105. The van der Waals surface area contributed by atoms with Gasteiger partial charge in [-0.05, 0) is 49.7 Å². The maximum Gasteiger partial charge on any atom is 0.305 e. The Morgan fingerprint density at radius 3 is 2.69 bits per heavy atom. The van der Waals surface area contributed by atoms with Gasteiger partial charge in [0.2, 0.25) is 10.0 Å². The summed E-state index contributed by atoms with van der Waals surface area (Å²) in [5, 5.41) is 15.9. The molecule has 1 heterocycles. The standard InChI is InChI=1S/C16H23N3O5S2/c1-24-15(21)5-4-8-17-16(25)18-13-11-12(6-7-14(13)20)26(22,23)19-9-2-3-10-19/h6-7,11,20H,2-5,8-10H2,1H3,(H2,17,18,25). The first-order valence-electron chi connectivity index (χ1n) is 8.29. The van der Waals surface area contributed by atoms with Gasteiger partial charge in [-0.25, -0.2) is 8.42 Å². The van der Waals surface area contributed by atoms with Crippen molar-refractivity contribution in [3.8, 4) is 5.75 Å². The lowest BCUT2D eigenvalue weighted by atomic mass is 10.3. The molecule has 0 bridgehead atoms. The van der Waals surface area contributed by atoms with Crippen LogP contribution >= 0.6 is 12.2 Å². The summed E-state index contributed by atoms with van der Waals surface area (Å²) in [6.07, 6.45) is 2.49. The van der Waals surface area contributed by atoms with Crippen molar-refractivity contribution >= 4 is 39.0 Å². The van der Waals surface area contributed by atoms with Crippen LogP contribution in [0.5, 0.6) is 5.75 Å². The Hall–Kier alpha value is -1.91. The van der Waals surface area contributed by atoms with Crippen LogP contribution in [0, 0.1) is 0 Å². The van der Waals surface area contributed by atoms with Gasteiger partial charge in [0.15, 0.2) is 5.11 Å². The third kappa shape index (κ3) is 5.29. The van der Waals surface area contributed by atoms with E-state index in [9.17, 15) is 18.3 Å². The smallest absolute Gasteiger partial charge is 0.305 e. The first-order chi connectivity index (χ1) is 12.3. The zero-order valence-corrected chi connectivity index (χ0v) is 16.2. The van der Waals surface area contributed by atoms with Gasteiger partial charge in [0.05, 0.1) is 17.7 Å². The number of sulfonamides is 1. The molecule has 0 atom stereocenters. The van der Waals surface area contributed by atoms with Crippen LogP contribution in [-0.2, 0) is 19.6 Å². The topological polar surface area (TPSA) is 108 Å². The first kappa shape index (κ1) is 20.4. The molecular weight excluding hydrogens is 378 g/mol. The van der Waals surface area contributed by atoms with E-state index in [1.54, 1.807) is 0 Å². The number of ether oxygens (including phenoxy) is 1. The number of hydrogen-bond acceptors (Lipinski definition) is 6. The van der Waals surface area contributed by atoms with Gasteiger partial charge < -0.3 is 20.5 Å². The Labute approximate surface area is 158 Å². The van der Waals surface area contributed by atoms with Crippen LogP contribution in [0.1, 0.15) is 25.7 Å². The summed E-state index contributed by atoms with van der Waals surface area (Å²) in [5.41, 5.74) is 0.204. The lowest BCUT2D eigenvalue weighted by molar-refractivity contribution is -0.140. The van der Waals surface area contributed by atoms with E-state index in [0.717, 1.165) is 12.8 Å². The molecular formula is C16H23N3O5S2. The van der Waals surface area contributed by atoms with Crippen LogP contribution in [-0.4, -0.2) is 55.7 Å². The highest BCUT2D eigenvalue weighted by Crippen LogP contribution is 2.29. The zero-order valence-electron chi connectivity index (χ0n) is 14.5. The summed E-state index contributed by atoms with van der Waals surface area (Å²) in [6, 6.07) is 4.07. The third-order valence-electron chi connectivity index (χ3n) is 3.99. The van der Waals surface area contributed by atoms with Crippen LogP contribution < -0.4 is 10.6 Å². The molecule has 0 saturated carbocycles. The fourth-order valence-corrected chi connectivity index (χ4v) is 4.31. The SMILES string of the molecule is COC(=O)CCCNC(=S)Nc1cc(S(=O)(=O)N2CCCC2)ccc1O. The van der Waals surface area contributed by atoms with Crippen molar-refractivity contribution in [2.45, 2.75) is 30.6 Å². The molecule has 1 saturated heterocycles. The van der Waals surface area contributed by atoms with Crippen molar-refractivity contribution in [1.82, 2.24) is 9.62 Å². The Morgan fingerprint density at radius 1 is 1.35 bits per heavy atom. The maximum absolute atomic E-state index is 12.6. The fraction of sp³-hybridized carbons (Fsp3) is 0.500. The van der Waals surface area contributed by atoms with Crippen molar-refractivity contribution in [2.75, 3.05) is 32.1 Å². The summed E-state index contributed by atoms with van der Waals surface area (Å²) >= 11 is 5.14. The monoisotopic (exact) mass is 401 g/mol. The minimum Gasteiger partial charge on any atom is -0.506 e. The Balaban J connectivity index is 1.98.